The highest BCUT2D eigenvalue weighted by Gasteiger charge is 2.09. The van der Waals surface area contributed by atoms with E-state index >= 15 is 0 Å². The van der Waals surface area contributed by atoms with Crippen LogP contribution in [0, 0.1) is 6.92 Å². The molecule has 2 aromatic heterocycles. The molecule has 3 aromatic rings. The van der Waals surface area contributed by atoms with Gasteiger partial charge in [0, 0.05) is 18.8 Å². The highest BCUT2D eigenvalue weighted by atomic mass is 32.1. The molecule has 3 rings (SSSR count). The van der Waals surface area contributed by atoms with Gasteiger partial charge in [0.05, 0.1) is 17.0 Å². The summed E-state index contributed by atoms with van der Waals surface area (Å²) in [6.07, 6.45) is 6.50. The predicted molar refractivity (Wildman–Crippen MR) is 79.8 cm³/mol. The first kappa shape index (κ1) is 12.0. The fraction of sp³-hybridized carbons (Fsp3) is 0.133. The number of nitrogens with two attached hydrogens (primary N) is 1. The maximum absolute atomic E-state index is 5.81. The van der Waals surface area contributed by atoms with Crippen molar-refractivity contribution in [2.45, 2.75) is 13.3 Å². The van der Waals surface area contributed by atoms with Crippen molar-refractivity contribution in [1.82, 2.24) is 9.55 Å². The molecule has 0 atom stereocenters. The van der Waals surface area contributed by atoms with Crippen molar-refractivity contribution in [3.8, 4) is 5.69 Å². The molecule has 0 saturated carbocycles. The molecule has 2 heterocycles. The molecular formula is C15H15N3S. The van der Waals surface area contributed by atoms with Crippen LogP contribution in [-0.2, 0) is 6.42 Å². The molecule has 0 saturated heterocycles. The van der Waals surface area contributed by atoms with Gasteiger partial charge < -0.3 is 10.3 Å². The van der Waals surface area contributed by atoms with Gasteiger partial charge in [0.15, 0.2) is 0 Å². The normalized spacial score (nSPS) is 10.8. The fourth-order valence-electron chi connectivity index (χ4n) is 2.25. The number of aromatic nitrogens is 2. The van der Waals surface area contributed by atoms with Crippen LogP contribution >= 0.6 is 11.3 Å². The van der Waals surface area contributed by atoms with Crippen LogP contribution in [0.25, 0.3) is 5.69 Å². The molecular weight excluding hydrogens is 254 g/mol. The average Bonchev–Trinajstić information content (AvgIpc) is 3.03. The van der Waals surface area contributed by atoms with Crippen LogP contribution in [0.5, 0.6) is 0 Å². The first-order chi connectivity index (χ1) is 9.24. The Morgan fingerprint density at radius 2 is 2.26 bits per heavy atom. The van der Waals surface area contributed by atoms with E-state index in [1.807, 2.05) is 12.5 Å². The molecule has 0 unspecified atom stereocenters. The van der Waals surface area contributed by atoms with E-state index < -0.39 is 0 Å². The van der Waals surface area contributed by atoms with Crippen molar-refractivity contribution in [3.63, 3.8) is 0 Å². The van der Waals surface area contributed by atoms with E-state index in [4.69, 9.17) is 5.73 Å². The Kier molecular flexibility index (Phi) is 3.09. The van der Waals surface area contributed by atoms with Gasteiger partial charge in [-0.15, -0.1) is 11.3 Å². The smallest absolute Gasteiger partial charge is 0.0991 e. The quantitative estimate of drug-likeness (QED) is 0.791. The van der Waals surface area contributed by atoms with Gasteiger partial charge in [-0.25, -0.2) is 4.98 Å². The number of nitrogen functional groups attached to an aromatic ring is 1. The van der Waals surface area contributed by atoms with Gasteiger partial charge in [-0.05, 0) is 41.1 Å². The molecule has 0 aliphatic rings. The maximum atomic E-state index is 5.81. The second kappa shape index (κ2) is 4.90. The summed E-state index contributed by atoms with van der Waals surface area (Å²) < 4.78 is 2.05. The Morgan fingerprint density at radius 1 is 1.37 bits per heavy atom. The zero-order valence-electron chi connectivity index (χ0n) is 10.7. The molecule has 0 fully saturated rings. The zero-order chi connectivity index (χ0) is 13.2. The number of rotatable bonds is 3. The van der Waals surface area contributed by atoms with E-state index in [0.29, 0.717) is 0 Å². The summed E-state index contributed by atoms with van der Waals surface area (Å²) in [4.78, 5) is 4.13. The zero-order valence-corrected chi connectivity index (χ0v) is 11.5. The van der Waals surface area contributed by atoms with Crippen molar-refractivity contribution >= 4 is 16.3 Å². The summed E-state index contributed by atoms with van der Waals surface area (Å²) in [7, 11) is 0. The van der Waals surface area contributed by atoms with Crippen LogP contribution in [0.1, 0.15) is 16.7 Å². The summed E-state index contributed by atoms with van der Waals surface area (Å²) in [5.74, 6) is 0. The number of hydrogen-bond donors (Lipinski definition) is 1. The Morgan fingerprint density at radius 3 is 2.95 bits per heavy atom. The molecule has 96 valence electrons. The van der Waals surface area contributed by atoms with Crippen molar-refractivity contribution < 1.29 is 0 Å². The lowest BCUT2D eigenvalue weighted by molar-refractivity contribution is 1.01. The van der Waals surface area contributed by atoms with Crippen molar-refractivity contribution in [2.24, 2.45) is 0 Å². The topological polar surface area (TPSA) is 43.8 Å². The van der Waals surface area contributed by atoms with Gasteiger partial charge in [-0.3, -0.25) is 0 Å². The van der Waals surface area contributed by atoms with E-state index in [0.717, 1.165) is 11.4 Å². The number of nitrogens with zero attached hydrogens (tertiary/aromatic N) is 2. The second-order valence-corrected chi connectivity index (χ2v) is 5.52. The first-order valence-corrected chi connectivity index (χ1v) is 7.02. The van der Waals surface area contributed by atoms with Crippen LogP contribution in [0.3, 0.4) is 0 Å². The van der Waals surface area contributed by atoms with Crippen LogP contribution in [0.2, 0.25) is 0 Å². The lowest BCUT2D eigenvalue weighted by Crippen LogP contribution is -2.00. The van der Waals surface area contributed by atoms with Crippen molar-refractivity contribution in [1.29, 1.82) is 0 Å². The van der Waals surface area contributed by atoms with E-state index in [1.54, 1.807) is 17.5 Å². The minimum atomic E-state index is 0.868. The summed E-state index contributed by atoms with van der Waals surface area (Å²) in [5.41, 5.74) is 10.9. The maximum Gasteiger partial charge on any atom is 0.0991 e. The van der Waals surface area contributed by atoms with Crippen LogP contribution in [0.15, 0.2) is 48.4 Å². The number of aryl methyl sites for hydroxylation is 1. The lowest BCUT2D eigenvalue weighted by Gasteiger charge is -2.12. The number of hydrogen-bond acceptors (Lipinski definition) is 3. The van der Waals surface area contributed by atoms with E-state index in [-0.39, 0.29) is 0 Å². The summed E-state index contributed by atoms with van der Waals surface area (Å²) in [6.45, 7) is 2.14. The fourth-order valence-corrected chi connectivity index (χ4v) is 2.91. The van der Waals surface area contributed by atoms with E-state index in [1.165, 1.54) is 22.4 Å². The van der Waals surface area contributed by atoms with E-state index in [9.17, 15) is 0 Å². The standard InChI is InChI=1S/C15H15N3S/c1-11-3-2-4-14(18-6-5-17-10-18)13(11)7-12-8-15(16)19-9-12/h2-6,8-10H,7,16H2,1H3. The van der Waals surface area contributed by atoms with Crippen molar-refractivity contribution in [3.05, 3.63) is 65.1 Å². The minimum absolute atomic E-state index is 0.868. The number of anilines is 1. The van der Waals surface area contributed by atoms with Gasteiger partial charge in [-0.1, -0.05) is 12.1 Å². The third-order valence-electron chi connectivity index (χ3n) is 3.22. The molecule has 0 amide bonds. The Labute approximate surface area is 116 Å². The Balaban J connectivity index is 2.04. The lowest BCUT2D eigenvalue weighted by atomic mass is 10.00. The summed E-state index contributed by atoms with van der Waals surface area (Å²) in [6, 6.07) is 8.40. The van der Waals surface area contributed by atoms with Gasteiger partial charge in [0.1, 0.15) is 0 Å². The molecule has 3 nitrogen and oxygen atoms in total. The molecule has 0 bridgehead atoms. The number of thiophene rings is 1. The Hall–Kier alpha value is -2.07. The molecule has 2 N–H and O–H groups in total. The Bertz CT molecular complexity index is 683. The SMILES string of the molecule is Cc1cccc(-n2ccnc2)c1Cc1csc(N)c1. The largest absolute Gasteiger partial charge is 0.391 e. The highest BCUT2D eigenvalue weighted by molar-refractivity contribution is 7.14. The predicted octanol–water partition coefficient (Wildman–Crippen LogP) is 3.42. The molecule has 19 heavy (non-hydrogen) atoms. The second-order valence-electron chi connectivity index (χ2n) is 4.58. The first-order valence-electron chi connectivity index (χ1n) is 6.14. The van der Waals surface area contributed by atoms with Gasteiger partial charge in [0.25, 0.3) is 0 Å². The monoisotopic (exact) mass is 269 g/mol. The number of imidazole rings is 1. The van der Waals surface area contributed by atoms with Crippen LogP contribution < -0.4 is 5.73 Å². The van der Waals surface area contributed by atoms with Crippen LogP contribution in [0.4, 0.5) is 5.00 Å². The minimum Gasteiger partial charge on any atom is -0.391 e. The third kappa shape index (κ3) is 2.39. The van der Waals surface area contributed by atoms with E-state index in [2.05, 4.69) is 46.1 Å². The molecule has 1 aromatic carbocycles. The summed E-state index contributed by atoms with van der Waals surface area (Å²) in [5, 5.41) is 2.99. The van der Waals surface area contributed by atoms with Crippen LogP contribution in [-0.4, -0.2) is 9.55 Å². The number of benzene rings is 1. The van der Waals surface area contributed by atoms with Crippen molar-refractivity contribution in [2.75, 3.05) is 5.73 Å². The third-order valence-corrected chi connectivity index (χ3v) is 4.03. The molecule has 4 heteroatoms. The van der Waals surface area contributed by atoms with Gasteiger partial charge >= 0.3 is 0 Å². The summed E-state index contributed by atoms with van der Waals surface area (Å²) >= 11 is 1.59. The molecule has 0 spiro atoms. The average molecular weight is 269 g/mol. The molecule has 0 aliphatic carbocycles. The molecule has 0 aliphatic heterocycles. The highest BCUT2D eigenvalue weighted by Crippen LogP contribution is 2.25. The van der Waals surface area contributed by atoms with Gasteiger partial charge in [-0.2, -0.15) is 0 Å². The molecule has 0 radical (unpaired) electrons. The van der Waals surface area contributed by atoms with Gasteiger partial charge in [0.2, 0.25) is 0 Å².